The number of nitrogens with one attached hydrogen (secondary N) is 2. The Bertz CT molecular complexity index is 222. The summed E-state index contributed by atoms with van der Waals surface area (Å²) in [4.78, 5) is 26.8. The molecular formula is C7H12N2O3S. The van der Waals surface area contributed by atoms with Crippen molar-refractivity contribution in [1.29, 1.82) is 0 Å². The zero-order chi connectivity index (χ0) is 9.84. The van der Waals surface area contributed by atoms with E-state index in [9.17, 15) is 9.59 Å². The molecule has 0 aromatic rings. The van der Waals surface area contributed by atoms with Crippen molar-refractivity contribution in [2.24, 2.45) is 0 Å². The Kier molecular flexibility index (Phi) is 3.56. The lowest BCUT2D eigenvalue weighted by Crippen LogP contribution is -2.44. The third kappa shape index (κ3) is 2.60. The summed E-state index contributed by atoms with van der Waals surface area (Å²) in [5.74, 6) is -0.554. The summed E-state index contributed by atoms with van der Waals surface area (Å²) in [5.41, 5.74) is 2.15. The number of hydroxylamine groups is 1. The smallest absolute Gasteiger partial charge is 0.268 e. The molecule has 0 radical (unpaired) electrons. The summed E-state index contributed by atoms with van der Waals surface area (Å²) in [6, 6.07) is -0.575. The first kappa shape index (κ1) is 10.3. The maximum absolute atomic E-state index is 11.3. The van der Waals surface area contributed by atoms with Crippen LogP contribution in [0.25, 0.3) is 0 Å². The standard InChI is InChI=1S/C7H12N2O3S/c1-2-5(13)7(11)8-4-3-12-9-6(4)10/h4-5,13H,2-3H2,1H3,(H,8,11)(H,9,10). The fourth-order valence-electron chi connectivity index (χ4n) is 0.903. The fraction of sp³-hybridized carbons (Fsp3) is 0.714. The largest absolute Gasteiger partial charge is 0.341 e. The fourth-order valence-corrected chi connectivity index (χ4v) is 0.978. The molecule has 6 heteroatoms. The minimum absolute atomic E-state index is 0.175. The highest BCUT2D eigenvalue weighted by molar-refractivity contribution is 7.81. The molecule has 0 aliphatic carbocycles. The van der Waals surface area contributed by atoms with Crippen molar-refractivity contribution in [3.63, 3.8) is 0 Å². The van der Waals surface area contributed by atoms with Crippen molar-refractivity contribution in [2.45, 2.75) is 24.6 Å². The van der Waals surface area contributed by atoms with Crippen LogP contribution in [0, 0.1) is 0 Å². The van der Waals surface area contributed by atoms with Crippen molar-refractivity contribution < 1.29 is 14.4 Å². The average molecular weight is 204 g/mol. The monoisotopic (exact) mass is 204 g/mol. The molecule has 0 aromatic carbocycles. The highest BCUT2D eigenvalue weighted by Gasteiger charge is 2.28. The van der Waals surface area contributed by atoms with Crippen LogP contribution in [0.5, 0.6) is 0 Å². The second kappa shape index (κ2) is 4.48. The van der Waals surface area contributed by atoms with Gasteiger partial charge in [-0.1, -0.05) is 6.92 Å². The van der Waals surface area contributed by atoms with Gasteiger partial charge in [-0.2, -0.15) is 12.6 Å². The summed E-state index contributed by atoms with van der Waals surface area (Å²) >= 11 is 4.04. The van der Waals surface area contributed by atoms with E-state index in [1.165, 1.54) is 0 Å². The Morgan fingerprint density at radius 3 is 3.08 bits per heavy atom. The molecule has 1 aliphatic heterocycles. The van der Waals surface area contributed by atoms with Crippen molar-refractivity contribution in [3.05, 3.63) is 0 Å². The molecule has 0 saturated carbocycles. The highest BCUT2D eigenvalue weighted by Crippen LogP contribution is 2.02. The van der Waals surface area contributed by atoms with Crippen molar-refractivity contribution in [1.82, 2.24) is 10.8 Å². The van der Waals surface area contributed by atoms with Crippen LogP contribution in [0.1, 0.15) is 13.3 Å². The zero-order valence-electron chi connectivity index (χ0n) is 7.24. The van der Waals surface area contributed by atoms with Crippen LogP contribution in [0.4, 0.5) is 0 Å². The molecule has 2 amide bonds. The SMILES string of the molecule is CCC(S)C(=O)NC1CONC1=O. The van der Waals surface area contributed by atoms with Crippen LogP contribution in [-0.2, 0) is 14.4 Å². The predicted molar refractivity (Wildman–Crippen MR) is 49.1 cm³/mol. The molecule has 2 unspecified atom stereocenters. The molecule has 0 aromatic heterocycles. The Morgan fingerprint density at radius 2 is 2.62 bits per heavy atom. The van der Waals surface area contributed by atoms with Gasteiger partial charge in [-0.3, -0.25) is 14.4 Å². The lowest BCUT2D eigenvalue weighted by atomic mass is 10.2. The van der Waals surface area contributed by atoms with Gasteiger partial charge in [0, 0.05) is 0 Å². The minimum Gasteiger partial charge on any atom is -0.341 e. The molecule has 1 aliphatic rings. The van der Waals surface area contributed by atoms with E-state index in [0.717, 1.165) is 0 Å². The minimum atomic E-state index is -0.575. The third-order valence-corrected chi connectivity index (χ3v) is 2.34. The molecule has 1 fully saturated rings. The first-order valence-corrected chi connectivity index (χ1v) is 4.57. The van der Waals surface area contributed by atoms with Crippen LogP contribution in [0.2, 0.25) is 0 Å². The van der Waals surface area contributed by atoms with E-state index in [0.29, 0.717) is 6.42 Å². The summed E-state index contributed by atoms with van der Waals surface area (Å²) in [5, 5.41) is 2.16. The van der Waals surface area contributed by atoms with Gasteiger partial charge in [0.1, 0.15) is 12.6 Å². The number of hydrogen-bond donors (Lipinski definition) is 3. The number of carbonyl (C=O) groups is 2. The number of carbonyl (C=O) groups excluding carboxylic acids is 2. The van der Waals surface area contributed by atoms with Crippen LogP contribution < -0.4 is 10.8 Å². The molecule has 1 heterocycles. The summed E-state index contributed by atoms with van der Waals surface area (Å²) in [6.45, 7) is 2.03. The van der Waals surface area contributed by atoms with Crippen LogP contribution in [-0.4, -0.2) is 29.7 Å². The van der Waals surface area contributed by atoms with Crippen molar-refractivity contribution >= 4 is 24.4 Å². The van der Waals surface area contributed by atoms with Crippen molar-refractivity contribution in [2.75, 3.05) is 6.61 Å². The maximum atomic E-state index is 11.3. The topological polar surface area (TPSA) is 67.4 Å². The summed E-state index contributed by atoms with van der Waals surface area (Å²) < 4.78 is 0. The van der Waals surface area contributed by atoms with E-state index < -0.39 is 6.04 Å². The van der Waals surface area contributed by atoms with E-state index in [4.69, 9.17) is 0 Å². The second-order valence-electron chi connectivity index (χ2n) is 2.76. The number of thiol groups is 1. The molecule has 0 bridgehead atoms. The van der Waals surface area contributed by atoms with E-state index in [1.807, 2.05) is 6.92 Å². The van der Waals surface area contributed by atoms with Crippen LogP contribution in [0.15, 0.2) is 0 Å². The first-order chi connectivity index (χ1) is 6.15. The molecule has 2 N–H and O–H groups in total. The van der Waals surface area contributed by atoms with E-state index in [2.05, 4.69) is 28.3 Å². The molecule has 2 atom stereocenters. The maximum Gasteiger partial charge on any atom is 0.268 e. The Hall–Kier alpha value is -0.750. The summed E-state index contributed by atoms with van der Waals surface area (Å²) in [6.07, 6.45) is 0.629. The Balaban J connectivity index is 2.39. The molecule has 5 nitrogen and oxygen atoms in total. The van der Waals surface area contributed by atoms with Gasteiger partial charge in [0.2, 0.25) is 5.91 Å². The number of hydrogen-bond acceptors (Lipinski definition) is 4. The van der Waals surface area contributed by atoms with Gasteiger partial charge in [-0.15, -0.1) is 0 Å². The van der Waals surface area contributed by atoms with Gasteiger partial charge in [-0.25, -0.2) is 5.48 Å². The predicted octanol–water partition coefficient (Wildman–Crippen LogP) is -0.759. The normalized spacial score (nSPS) is 23.8. The molecule has 0 spiro atoms. The van der Waals surface area contributed by atoms with E-state index in [1.54, 1.807) is 0 Å². The first-order valence-electron chi connectivity index (χ1n) is 4.05. The molecule has 1 saturated heterocycles. The van der Waals surface area contributed by atoms with Crippen molar-refractivity contribution in [3.8, 4) is 0 Å². The van der Waals surface area contributed by atoms with Gasteiger partial charge in [0.25, 0.3) is 5.91 Å². The van der Waals surface area contributed by atoms with Gasteiger partial charge in [0.15, 0.2) is 0 Å². The van der Waals surface area contributed by atoms with Gasteiger partial charge >= 0.3 is 0 Å². The quantitative estimate of drug-likeness (QED) is 0.529. The molecule has 1 rings (SSSR count). The molecule has 74 valence electrons. The third-order valence-electron chi connectivity index (χ3n) is 1.75. The van der Waals surface area contributed by atoms with E-state index in [-0.39, 0.29) is 23.7 Å². The van der Waals surface area contributed by atoms with Gasteiger partial charge in [-0.05, 0) is 6.42 Å². The lowest BCUT2D eigenvalue weighted by Gasteiger charge is -2.11. The second-order valence-corrected chi connectivity index (χ2v) is 3.39. The van der Waals surface area contributed by atoms with Crippen LogP contribution >= 0.6 is 12.6 Å². The number of amides is 2. The molecule has 13 heavy (non-hydrogen) atoms. The average Bonchev–Trinajstić information content (AvgIpc) is 2.50. The lowest BCUT2D eigenvalue weighted by molar-refractivity contribution is -0.128. The van der Waals surface area contributed by atoms with Gasteiger partial charge in [0.05, 0.1) is 5.25 Å². The van der Waals surface area contributed by atoms with E-state index >= 15 is 0 Å². The Labute approximate surface area is 81.6 Å². The molecular weight excluding hydrogens is 192 g/mol. The Morgan fingerprint density at radius 1 is 1.92 bits per heavy atom. The zero-order valence-corrected chi connectivity index (χ0v) is 8.14. The highest BCUT2D eigenvalue weighted by atomic mass is 32.1. The van der Waals surface area contributed by atoms with Gasteiger partial charge < -0.3 is 5.32 Å². The van der Waals surface area contributed by atoms with Crippen LogP contribution in [0.3, 0.4) is 0 Å². The number of rotatable bonds is 3. The summed E-state index contributed by atoms with van der Waals surface area (Å²) in [7, 11) is 0.